The number of hydrogen-bond acceptors (Lipinski definition) is 2. The zero-order valence-electron chi connectivity index (χ0n) is 8.42. The molecular weight excluding hydrogens is 197 g/mol. The summed E-state index contributed by atoms with van der Waals surface area (Å²) >= 11 is 0. The van der Waals surface area contributed by atoms with Crippen molar-refractivity contribution in [3.8, 4) is 0 Å². The van der Waals surface area contributed by atoms with Gasteiger partial charge in [-0.1, -0.05) is 6.07 Å². The van der Waals surface area contributed by atoms with Gasteiger partial charge in [0.2, 0.25) is 5.91 Å². The Hall–Kier alpha value is -1.42. The van der Waals surface area contributed by atoms with Crippen molar-refractivity contribution in [1.82, 2.24) is 0 Å². The number of fused-ring (bicyclic) bond motifs is 1. The summed E-state index contributed by atoms with van der Waals surface area (Å²) in [4.78, 5) is 11.0. The van der Waals surface area contributed by atoms with Gasteiger partial charge in [0, 0.05) is 5.56 Å². The highest BCUT2D eigenvalue weighted by molar-refractivity contribution is 5.93. The van der Waals surface area contributed by atoms with Gasteiger partial charge in [-0.2, -0.15) is 0 Å². The number of rotatable bonds is 1. The molecule has 0 fully saturated rings. The lowest BCUT2D eigenvalue weighted by Crippen LogP contribution is -2.29. The van der Waals surface area contributed by atoms with Crippen molar-refractivity contribution in [2.75, 3.05) is 6.61 Å². The fourth-order valence-corrected chi connectivity index (χ4v) is 1.77. The molecule has 0 radical (unpaired) electrons. The third-order valence-electron chi connectivity index (χ3n) is 2.59. The Kier molecular flexibility index (Phi) is 2.23. The molecule has 0 aliphatic carbocycles. The van der Waals surface area contributed by atoms with E-state index in [1.807, 2.05) is 0 Å². The molecule has 1 unspecified atom stereocenters. The summed E-state index contributed by atoms with van der Waals surface area (Å²) in [6.45, 7) is 1.84. The minimum atomic E-state index is -1.54. The topological polar surface area (TPSA) is 52.3 Å². The molecule has 80 valence electrons. The van der Waals surface area contributed by atoms with Gasteiger partial charge < -0.3 is 10.5 Å². The number of amides is 1. The van der Waals surface area contributed by atoms with Gasteiger partial charge in [0.1, 0.15) is 0 Å². The van der Waals surface area contributed by atoms with Crippen molar-refractivity contribution < 1.29 is 13.9 Å². The Morgan fingerprint density at radius 3 is 3.00 bits per heavy atom. The summed E-state index contributed by atoms with van der Waals surface area (Å²) in [5.74, 6) is -0.542. The maximum absolute atomic E-state index is 14.0. The molecule has 0 aromatic heterocycles. The summed E-state index contributed by atoms with van der Waals surface area (Å²) in [5.41, 5.74) is 5.21. The van der Waals surface area contributed by atoms with E-state index >= 15 is 0 Å². The molecule has 1 amide bonds. The van der Waals surface area contributed by atoms with Crippen LogP contribution < -0.4 is 5.73 Å². The molecule has 1 aliphatic rings. The number of alkyl halides is 1. The Morgan fingerprint density at radius 1 is 1.60 bits per heavy atom. The molecule has 0 saturated heterocycles. The first kappa shape index (κ1) is 10.1. The standard InChI is InChI=1S/C11H12FNO2/c1-11(12)6-15-5-8-3-2-7(10(13)14)4-9(8)11/h2-4H,5-6H2,1H3,(H2,13,14). The average molecular weight is 209 g/mol. The van der Waals surface area contributed by atoms with E-state index in [1.54, 1.807) is 12.1 Å². The second kappa shape index (κ2) is 3.31. The summed E-state index contributed by atoms with van der Waals surface area (Å²) < 4.78 is 19.2. The average Bonchev–Trinajstić information content (AvgIpc) is 2.17. The third kappa shape index (κ3) is 1.72. The van der Waals surface area contributed by atoms with Crippen molar-refractivity contribution in [2.45, 2.75) is 19.2 Å². The van der Waals surface area contributed by atoms with Crippen LogP contribution in [0.5, 0.6) is 0 Å². The van der Waals surface area contributed by atoms with Crippen LogP contribution in [0.3, 0.4) is 0 Å². The van der Waals surface area contributed by atoms with E-state index in [-0.39, 0.29) is 6.61 Å². The van der Waals surface area contributed by atoms with Crippen LogP contribution in [0, 0.1) is 0 Å². The minimum Gasteiger partial charge on any atom is -0.373 e. The number of nitrogens with two attached hydrogens (primary N) is 1. The highest BCUT2D eigenvalue weighted by atomic mass is 19.1. The van der Waals surface area contributed by atoms with Gasteiger partial charge in [-0.25, -0.2) is 4.39 Å². The molecule has 1 aliphatic heterocycles. The molecule has 1 aromatic carbocycles. The number of carbonyl (C=O) groups is 1. The van der Waals surface area contributed by atoms with Crippen LogP contribution in [-0.2, 0) is 17.0 Å². The van der Waals surface area contributed by atoms with E-state index in [1.165, 1.54) is 13.0 Å². The second-order valence-electron chi connectivity index (χ2n) is 3.93. The van der Waals surface area contributed by atoms with E-state index < -0.39 is 11.6 Å². The Morgan fingerprint density at radius 2 is 2.33 bits per heavy atom. The second-order valence-corrected chi connectivity index (χ2v) is 3.93. The van der Waals surface area contributed by atoms with Crippen molar-refractivity contribution in [3.63, 3.8) is 0 Å². The predicted octanol–water partition coefficient (Wildman–Crippen LogP) is 1.50. The van der Waals surface area contributed by atoms with Crippen molar-refractivity contribution in [3.05, 3.63) is 34.9 Å². The molecule has 2 N–H and O–H groups in total. The Bertz CT molecular complexity index is 415. The first-order chi connectivity index (χ1) is 7.00. The number of hydrogen-bond donors (Lipinski definition) is 1. The maximum atomic E-state index is 14.0. The number of halogens is 1. The van der Waals surface area contributed by atoms with Gasteiger partial charge in [-0.05, 0) is 30.2 Å². The van der Waals surface area contributed by atoms with Crippen LogP contribution in [0.1, 0.15) is 28.4 Å². The van der Waals surface area contributed by atoms with E-state index in [2.05, 4.69) is 0 Å². The van der Waals surface area contributed by atoms with Crippen LogP contribution in [0.2, 0.25) is 0 Å². The van der Waals surface area contributed by atoms with Crippen molar-refractivity contribution in [2.24, 2.45) is 5.73 Å². The first-order valence-electron chi connectivity index (χ1n) is 4.70. The zero-order valence-corrected chi connectivity index (χ0v) is 8.42. The normalized spacial score (nSPS) is 24.7. The van der Waals surface area contributed by atoms with Gasteiger partial charge in [-0.15, -0.1) is 0 Å². The minimum absolute atomic E-state index is 0.0161. The fraction of sp³-hybridized carbons (Fsp3) is 0.364. The SMILES string of the molecule is CC1(F)COCc2ccc(C(N)=O)cc21. The molecule has 3 nitrogen and oxygen atoms in total. The predicted molar refractivity (Wildman–Crippen MR) is 53.1 cm³/mol. The van der Waals surface area contributed by atoms with Gasteiger partial charge in [0.05, 0.1) is 13.2 Å². The molecule has 4 heteroatoms. The molecule has 1 atom stereocenters. The highest BCUT2D eigenvalue weighted by Gasteiger charge is 2.33. The van der Waals surface area contributed by atoms with E-state index in [0.717, 1.165) is 5.56 Å². The van der Waals surface area contributed by atoms with E-state index in [4.69, 9.17) is 10.5 Å². The van der Waals surface area contributed by atoms with Crippen LogP contribution in [0.15, 0.2) is 18.2 Å². The lowest BCUT2D eigenvalue weighted by atomic mass is 9.90. The third-order valence-corrected chi connectivity index (χ3v) is 2.59. The fourth-order valence-electron chi connectivity index (χ4n) is 1.77. The molecule has 0 saturated carbocycles. The smallest absolute Gasteiger partial charge is 0.248 e. The molecule has 1 heterocycles. The van der Waals surface area contributed by atoms with Crippen LogP contribution in [-0.4, -0.2) is 12.5 Å². The van der Waals surface area contributed by atoms with E-state index in [9.17, 15) is 9.18 Å². The molecule has 15 heavy (non-hydrogen) atoms. The molecule has 1 aromatic rings. The number of ether oxygens (including phenoxy) is 1. The largest absolute Gasteiger partial charge is 0.373 e. The Balaban J connectivity index is 2.53. The van der Waals surface area contributed by atoms with Gasteiger partial charge >= 0.3 is 0 Å². The summed E-state index contributed by atoms with van der Waals surface area (Å²) in [7, 11) is 0. The number of carbonyl (C=O) groups excluding carboxylic acids is 1. The van der Waals surface area contributed by atoms with Gasteiger partial charge in [0.25, 0.3) is 0 Å². The van der Waals surface area contributed by atoms with Crippen LogP contribution >= 0.6 is 0 Å². The van der Waals surface area contributed by atoms with Crippen molar-refractivity contribution >= 4 is 5.91 Å². The molecule has 2 rings (SSSR count). The summed E-state index contributed by atoms with van der Waals surface area (Å²) in [6.07, 6.45) is 0. The number of primary amides is 1. The van der Waals surface area contributed by atoms with Gasteiger partial charge in [-0.3, -0.25) is 4.79 Å². The highest BCUT2D eigenvalue weighted by Crippen LogP contribution is 2.33. The van der Waals surface area contributed by atoms with Crippen molar-refractivity contribution in [1.29, 1.82) is 0 Å². The zero-order chi connectivity index (χ0) is 11.1. The summed E-state index contributed by atoms with van der Waals surface area (Å²) in [6, 6.07) is 4.79. The monoisotopic (exact) mass is 209 g/mol. The van der Waals surface area contributed by atoms with Crippen LogP contribution in [0.25, 0.3) is 0 Å². The quantitative estimate of drug-likeness (QED) is 0.762. The van der Waals surface area contributed by atoms with E-state index in [0.29, 0.717) is 17.7 Å². The van der Waals surface area contributed by atoms with Crippen LogP contribution in [0.4, 0.5) is 4.39 Å². The lowest BCUT2D eigenvalue weighted by molar-refractivity contribution is -0.00466. The molecule has 0 bridgehead atoms. The Labute approximate surface area is 87.0 Å². The lowest BCUT2D eigenvalue weighted by Gasteiger charge is -2.28. The summed E-state index contributed by atoms with van der Waals surface area (Å²) in [5, 5.41) is 0. The molecular formula is C11H12FNO2. The van der Waals surface area contributed by atoms with Gasteiger partial charge in [0.15, 0.2) is 5.67 Å². The maximum Gasteiger partial charge on any atom is 0.248 e. The first-order valence-corrected chi connectivity index (χ1v) is 4.70. The molecule has 0 spiro atoms. The number of benzene rings is 1.